The van der Waals surface area contributed by atoms with Crippen LogP contribution < -0.4 is 0 Å². The zero-order valence-corrected chi connectivity index (χ0v) is 9.42. The molecule has 0 aromatic heterocycles. The minimum absolute atomic E-state index is 0.274. The molecule has 8 heteroatoms. The number of oxime groups is 1. The van der Waals surface area contributed by atoms with E-state index in [2.05, 4.69) is 9.44 Å². The van der Waals surface area contributed by atoms with E-state index in [1.54, 1.807) is 0 Å². The van der Waals surface area contributed by atoms with E-state index >= 15 is 0 Å². The van der Waals surface area contributed by atoms with E-state index in [1.807, 2.05) is 0 Å². The number of hydrogen-bond donors (Lipinski definition) is 0. The molecule has 17 heavy (non-hydrogen) atoms. The average Bonchev–Trinajstić information content (AvgIpc) is 2.15. The van der Waals surface area contributed by atoms with Crippen LogP contribution in [-0.4, -0.2) is 26.6 Å². The molecule has 0 saturated heterocycles. The molecule has 0 N–H and O–H groups in total. The Morgan fingerprint density at radius 3 is 2.18 bits per heavy atom. The third-order valence-electron chi connectivity index (χ3n) is 1.58. The van der Waals surface area contributed by atoms with Gasteiger partial charge in [0.25, 0.3) is 0 Å². The molecule has 1 aromatic carbocycles. The summed E-state index contributed by atoms with van der Waals surface area (Å²) < 4.78 is 62.7. The maximum Gasteiger partial charge on any atom is 0.437 e. The van der Waals surface area contributed by atoms with Gasteiger partial charge in [0.2, 0.25) is 0 Å². The second-order valence-corrected chi connectivity index (χ2v) is 4.64. The van der Waals surface area contributed by atoms with Crippen LogP contribution in [0.3, 0.4) is 0 Å². The van der Waals surface area contributed by atoms with Gasteiger partial charge in [0.1, 0.15) is 0 Å². The van der Waals surface area contributed by atoms with E-state index in [0.717, 1.165) is 12.1 Å². The molecule has 1 aromatic rings. The van der Waals surface area contributed by atoms with Crippen LogP contribution in [0.5, 0.6) is 0 Å². The predicted octanol–water partition coefficient (Wildman–Crippen LogP) is 1.93. The van der Waals surface area contributed by atoms with E-state index in [1.165, 1.54) is 18.2 Å². The largest absolute Gasteiger partial charge is 0.437 e. The van der Waals surface area contributed by atoms with Crippen molar-refractivity contribution in [3.63, 3.8) is 0 Å². The first-order valence-electron chi connectivity index (χ1n) is 4.29. The molecule has 1 rings (SSSR count). The number of nitrogens with zero attached hydrogens (tertiary/aromatic N) is 1. The molecule has 0 aliphatic heterocycles. The standard InChI is InChI=1S/C9H8F3NO3S/c1-17(14,15)16-13-8(9(10,11)12)7-5-3-2-4-6-7/h2-6H,1H3/b13-8-. The lowest BCUT2D eigenvalue weighted by molar-refractivity contribution is -0.0596. The summed E-state index contributed by atoms with van der Waals surface area (Å²) in [6, 6.07) is 6.57. The molecular weight excluding hydrogens is 259 g/mol. The number of benzene rings is 1. The highest BCUT2D eigenvalue weighted by Crippen LogP contribution is 2.22. The maximum absolute atomic E-state index is 12.6. The summed E-state index contributed by atoms with van der Waals surface area (Å²) in [5.74, 6) is 0. The molecular formula is C9H8F3NO3S. The van der Waals surface area contributed by atoms with Gasteiger partial charge in [-0.15, -0.1) is 0 Å². The van der Waals surface area contributed by atoms with Gasteiger partial charge in [-0.25, -0.2) is 0 Å². The average molecular weight is 267 g/mol. The third-order valence-corrected chi connectivity index (χ3v) is 1.93. The SMILES string of the molecule is CS(=O)(=O)O/N=C(/c1ccccc1)C(F)(F)F. The van der Waals surface area contributed by atoms with Crippen molar-refractivity contribution in [2.24, 2.45) is 5.16 Å². The van der Waals surface area contributed by atoms with Crippen molar-refractivity contribution in [2.45, 2.75) is 6.18 Å². The second-order valence-electron chi connectivity index (χ2n) is 3.08. The molecule has 0 spiro atoms. The summed E-state index contributed by atoms with van der Waals surface area (Å²) in [6.45, 7) is 0. The van der Waals surface area contributed by atoms with E-state index in [4.69, 9.17) is 0 Å². The van der Waals surface area contributed by atoms with Crippen LogP contribution in [-0.2, 0) is 14.4 Å². The van der Waals surface area contributed by atoms with Gasteiger partial charge < -0.3 is 0 Å². The van der Waals surface area contributed by atoms with E-state index in [9.17, 15) is 21.6 Å². The van der Waals surface area contributed by atoms with Crippen LogP contribution in [0.4, 0.5) is 13.2 Å². The van der Waals surface area contributed by atoms with Gasteiger partial charge in [-0.3, -0.25) is 4.28 Å². The van der Waals surface area contributed by atoms with Gasteiger partial charge in [-0.2, -0.15) is 21.6 Å². The molecule has 0 fully saturated rings. The van der Waals surface area contributed by atoms with Crippen LogP contribution >= 0.6 is 0 Å². The maximum atomic E-state index is 12.6. The highest BCUT2D eigenvalue weighted by molar-refractivity contribution is 7.85. The lowest BCUT2D eigenvalue weighted by Gasteiger charge is -2.09. The van der Waals surface area contributed by atoms with E-state index in [-0.39, 0.29) is 5.56 Å². The Bertz CT molecular complexity index is 508. The van der Waals surface area contributed by atoms with Crippen LogP contribution in [0.15, 0.2) is 35.5 Å². The van der Waals surface area contributed by atoms with Crippen molar-refractivity contribution in [1.29, 1.82) is 0 Å². The van der Waals surface area contributed by atoms with Crippen LogP contribution in [0.2, 0.25) is 0 Å². The molecule has 0 saturated carbocycles. The Hall–Kier alpha value is -1.57. The van der Waals surface area contributed by atoms with E-state index < -0.39 is 22.0 Å². The quantitative estimate of drug-likeness (QED) is 0.621. The Morgan fingerprint density at radius 2 is 1.76 bits per heavy atom. The Kier molecular flexibility index (Phi) is 3.76. The fourth-order valence-corrected chi connectivity index (χ4v) is 1.18. The number of halogens is 3. The molecule has 0 heterocycles. The zero-order valence-electron chi connectivity index (χ0n) is 8.60. The summed E-state index contributed by atoms with van der Waals surface area (Å²) in [7, 11) is -4.07. The lowest BCUT2D eigenvalue weighted by atomic mass is 10.1. The molecule has 94 valence electrons. The number of rotatable bonds is 3. The first kappa shape index (κ1) is 13.5. The molecule has 0 aliphatic rings. The molecule has 0 bridgehead atoms. The normalized spacial score (nSPS) is 13.5. The molecule has 0 atom stereocenters. The van der Waals surface area contributed by atoms with Gasteiger partial charge in [0.05, 0.1) is 6.26 Å². The summed E-state index contributed by atoms with van der Waals surface area (Å²) in [4.78, 5) is 0. The highest BCUT2D eigenvalue weighted by atomic mass is 32.2. The fraction of sp³-hybridized carbons (Fsp3) is 0.222. The summed E-state index contributed by atoms with van der Waals surface area (Å²) in [5, 5.41) is 2.64. The lowest BCUT2D eigenvalue weighted by Crippen LogP contribution is -2.24. The van der Waals surface area contributed by atoms with Crippen molar-refractivity contribution >= 4 is 15.8 Å². The molecule has 0 aliphatic carbocycles. The number of alkyl halides is 3. The molecule has 0 radical (unpaired) electrons. The summed E-state index contributed by atoms with van der Waals surface area (Å²) in [6.07, 6.45) is -4.19. The Balaban J connectivity index is 3.15. The highest BCUT2D eigenvalue weighted by Gasteiger charge is 2.38. The zero-order chi connectivity index (χ0) is 13.1. The van der Waals surface area contributed by atoms with Gasteiger partial charge in [0.15, 0.2) is 5.71 Å². The van der Waals surface area contributed by atoms with Crippen LogP contribution in [0, 0.1) is 0 Å². The van der Waals surface area contributed by atoms with Crippen LogP contribution in [0.25, 0.3) is 0 Å². The molecule has 4 nitrogen and oxygen atoms in total. The smallest absolute Gasteiger partial charge is 0.268 e. The van der Waals surface area contributed by atoms with E-state index in [0.29, 0.717) is 6.26 Å². The van der Waals surface area contributed by atoms with Crippen molar-refractivity contribution in [3.8, 4) is 0 Å². The minimum Gasteiger partial charge on any atom is -0.268 e. The Morgan fingerprint density at radius 1 is 1.24 bits per heavy atom. The van der Waals surface area contributed by atoms with Crippen molar-refractivity contribution in [2.75, 3.05) is 6.26 Å². The van der Waals surface area contributed by atoms with Crippen molar-refractivity contribution < 1.29 is 25.9 Å². The van der Waals surface area contributed by atoms with Gasteiger partial charge in [-0.05, 0) is 0 Å². The summed E-state index contributed by atoms with van der Waals surface area (Å²) in [5.41, 5.74) is -1.67. The minimum atomic E-state index is -4.80. The monoisotopic (exact) mass is 267 g/mol. The Labute approximate surface area is 95.8 Å². The summed E-state index contributed by atoms with van der Waals surface area (Å²) >= 11 is 0. The van der Waals surface area contributed by atoms with Crippen LogP contribution in [0.1, 0.15) is 5.56 Å². The van der Waals surface area contributed by atoms with Gasteiger partial charge >= 0.3 is 16.3 Å². The molecule has 0 unspecified atom stereocenters. The number of hydrogen-bond acceptors (Lipinski definition) is 4. The van der Waals surface area contributed by atoms with Gasteiger partial charge in [0, 0.05) is 5.56 Å². The molecule has 0 amide bonds. The fourth-order valence-electron chi connectivity index (χ4n) is 0.969. The van der Waals surface area contributed by atoms with Gasteiger partial charge in [-0.1, -0.05) is 35.5 Å². The third kappa shape index (κ3) is 4.43. The topological polar surface area (TPSA) is 55.7 Å². The second kappa shape index (κ2) is 4.74. The van der Waals surface area contributed by atoms with Crippen molar-refractivity contribution in [1.82, 2.24) is 0 Å². The van der Waals surface area contributed by atoms with Crippen molar-refractivity contribution in [3.05, 3.63) is 35.9 Å². The predicted molar refractivity (Wildman–Crippen MR) is 55.0 cm³/mol. The first-order chi connectivity index (χ1) is 7.70. The first-order valence-corrected chi connectivity index (χ1v) is 6.11.